The molecule has 0 saturated carbocycles. The van der Waals surface area contributed by atoms with Crippen molar-refractivity contribution in [3.8, 4) is 16.9 Å². The van der Waals surface area contributed by atoms with Gasteiger partial charge in [0.1, 0.15) is 11.5 Å². The van der Waals surface area contributed by atoms with Crippen molar-refractivity contribution < 1.29 is 9.13 Å². The van der Waals surface area contributed by atoms with E-state index in [0.29, 0.717) is 17.2 Å². The van der Waals surface area contributed by atoms with Gasteiger partial charge in [0.05, 0.1) is 25.1 Å². The standard InChI is InChI=1S/C20H21FN4O/c1-2-3-17-8-18(4-5-22-17)25-11-16(10-24-25)20-19(21)7-14(9-23-20)6-15-12-26-13-15/h4-5,7-11,15H,2-3,6,12-13H2,1H3. The molecule has 3 aromatic heterocycles. The van der Waals surface area contributed by atoms with Gasteiger partial charge in [0.15, 0.2) is 0 Å². The summed E-state index contributed by atoms with van der Waals surface area (Å²) in [6.07, 6.45) is 9.74. The molecule has 1 fully saturated rings. The number of aromatic nitrogens is 4. The summed E-state index contributed by atoms with van der Waals surface area (Å²) >= 11 is 0. The Kier molecular flexibility index (Phi) is 4.75. The van der Waals surface area contributed by atoms with E-state index in [4.69, 9.17) is 4.74 Å². The molecular weight excluding hydrogens is 331 g/mol. The van der Waals surface area contributed by atoms with Gasteiger partial charge >= 0.3 is 0 Å². The number of pyridine rings is 2. The molecule has 0 N–H and O–H groups in total. The molecule has 1 saturated heterocycles. The fraction of sp³-hybridized carbons (Fsp3) is 0.350. The van der Waals surface area contributed by atoms with Crippen molar-refractivity contribution in [1.29, 1.82) is 0 Å². The Morgan fingerprint density at radius 1 is 1.23 bits per heavy atom. The summed E-state index contributed by atoms with van der Waals surface area (Å²) in [4.78, 5) is 8.69. The van der Waals surface area contributed by atoms with Crippen LogP contribution in [0.2, 0.25) is 0 Å². The third-order valence-corrected chi connectivity index (χ3v) is 4.56. The first kappa shape index (κ1) is 16.8. The highest BCUT2D eigenvalue weighted by Crippen LogP contribution is 2.24. The minimum Gasteiger partial charge on any atom is -0.381 e. The summed E-state index contributed by atoms with van der Waals surface area (Å²) < 4.78 is 21.4. The molecule has 1 aliphatic heterocycles. The molecule has 4 heterocycles. The van der Waals surface area contributed by atoms with Gasteiger partial charge in [-0.15, -0.1) is 0 Å². The molecule has 0 radical (unpaired) electrons. The van der Waals surface area contributed by atoms with Gasteiger partial charge in [-0.25, -0.2) is 9.07 Å². The molecule has 0 atom stereocenters. The van der Waals surface area contributed by atoms with Gasteiger partial charge in [0.2, 0.25) is 0 Å². The van der Waals surface area contributed by atoms with E-state index < -0.39 is 0 Å². The quantitative estimate of drug-likeness (QED) is 0.680. The summed E-state index contributed by atoms with van der Waals surface area (Å²) in [5.41, 5.74) is 3.83. The van der Waals surface area contributed by atoms with E-state index in [0.717, 1.165) is 49.4 Å². The molecule has 3 aromatic rings. The van der Waals surface area contributed by atoms with E-state index in [9.17, 15) is 4.39 Å². The van der Waals surface area contributed by atoms with E-state index in [1.807, 2.05) is 12.1 Å². The number of halogens is 1. The van der Waals surface area contributed by atoms with Crippen LogP contribution in [0.4, 0.5) is 4.39 Å². The normalized spacial score (nSPS) is 14.4. The van der Waals surface area contributed by atoms with Gasteiger partial charge in [-0.2, -0.15) is 5.10 Å². The smallest absolute Gasteiger partial charge is 0.149 e. The summed E-state index contributed by atoms with van der Waals surface area (Å²) in [6.45, 7) is 3.63. The van der Waals surface area contributed by atoms with Crippen LogP contribution < -0.4 is 0 Å². The van der Waals surface area contributed by atoms with Crippen molar-refractivity contribution in [2.45, 2.75) is 26.2 Å². The Morgan fingerprint density at radius 2 is 2.12 bits per heavy atom. The number of hydrogen-bond donors (Lipinski definition) is 0. The molecular formula is C20H21FN4O. The van der Waals surface area contributed by atoms with Gasteiger partial charge in [-0.05, 0) is 36.6 Å². The van der Waals surface area contributed by atoms with Crippen LogP contribution in [0, 0.1) is 11.7 Å². The zero-order chi connectivity index (χ0) is 17.9. The zero-order valence-corrected chi connectivity index (χ0v) is 14.7. The highest BCUT2D eigenvalue weighted by molar-refractivity contribution is 5.58. The van der Waals surface area contributed by atoms with Crippen LogP contribution in [-0.2, 0) is 17.6 Å². The lowest BCUT2D eigenvalue weighted by Crippen LogP contribution is -2.29. The highest BCUT2D eigenvalue weighted by atomic mass is 19.1. The molecule has 5 nitrogen and oxygen atoms in total. The van der Waals surface area contributed by atoms with E-state index >= 15 is 0 Å². The second kappa shape index (κ2) is 7.33. The molecule has 134 valence electrons. The molecule has 4 rings (SSSR count). The molecule has 0 aliphatic carbocycles. The molecule has 0 amide bonds. The summed E-state index contributed by atoms with van der Waals surface area (Å²) in [5, 5.41) is 4.36. The lowest BCUT2D eigenvalue weighted by atomic mass is 9.99. The van der Waals surface area contributed by atoms with Crippen molar-refractivity contribution in [1.82, 2.24) is 19.7 Å². The minimum absolute atomic E-state index is 0.316. The summed E-state index contributed by atoms with van der Waals surface area (Å²) in [7, 11) is 0. The maximum Gasteiger partial charge on any atom is 0.149 e. The second-order valence-electron chi connectivity index (χ2n) is 6.71. The Labute approximate surface area is 151 Å². The zero-order valence-electron chi connectivity index (χ0n) is 14.7. The first-order valence-electron chi connectivity index (χ1n) is 8.95. The maximum absolute atomic E-state index is 14.5. The van der Waals surface area contributed by atoms with Gasteiger partial charge in [-0.3, -0.25) is 9.97 Å². The van der Waals surface area contributed by atoms with Crippen molar-refractivity contribution in [3.05, 3.63) is 60.1 Å². The molecule has 0 unspecified atom stereocenters. The number of hydrogen-bond acceptors (Lipinski definition) is 4. The Morgan fingerprint density at radius 3 is 2.85 bits per heavy atom. The van der Waals surface area contributed by atoms with Crippen molar-refractivity contribution >= 4 is 0 Å². The predicted octanol–water partition coefficient (Wildman–Crippen LogP) is 3.61. The Hall–Kier alpha value is -2.60. The van der Waals surface area contributed by atoms with Crippen LogP contribution in [0.1, 0.15) is 24.6 Å². The third kappa shape index (κ3) is 3.51. The average Bonchev–Trinajstić information content (AvgIpc) is 3.09. The first-order valence-corrected chi connectivity index (χ1v) is 8.95. The van der Waals surface area contributed by atoms with Crippen molar-refractivity contribution in [2.24, 2.45) is 5.92 Å². The van der Waals surface area contributed by atoms with Crippen LogP contribution in [0.15, 0.2) is 43.0 Å². The highest BCUT2D eigenvalue weighted by Gasteiger charge is 2.20. The fourth-order valence-electron chi connectivity index (χ4n) is 3.12. The minimum atomic E-state index is -0.316. The topological polar surface area (TPSA) is 52.8 Å². The monoisotopic (exact) mass is 352 g/mol. The fourth-order valence-corrected chi connectivity index (χ4v) is 3.12. The summed E-state index contributed by atoms with van der Waals surface area (Å²) in [5.74, 6) is 0.164. The molecule has 26 heavy (non-hydrogen) atoms. The Bertz CT molecular complexity index is 904. The van der Waals surface area contributed by atoms with E-state index in [-0.39, 0.29) is 5.82 Å². The van der Waals surface area contributed by atoms with E-state index in [1.165, 1.54) is 0 Å². The lowest BCUT2D eigenvalue weighted by Gasteiger charge is -2.25. The van der Waals surface area contributed by atoms with Crippen molar-refractivity contribution in [2.75, 3.05) is 13.2 Å². The van der Waals surface area contributed by atoms with Gasteiger partial charge in [0.25, 0.3) is 0 Å². The van der Waals surface area contributed by atoms with Crippen LogP contribution >= 0.6 is 0 Å². The second-order valence-corrected chi connectivity index (χ2v) is 6.71. The number of aryl methyl sites for hydroxylation is 1. The summed E-state index contributed by atoms with van der Waals surface area (Å²) in [6, 6.07) is 5.47. The third-order valence-electron chi connectivity index (χ3n) is 4.56. The van der Waals surface area contributed by atoms with Gasteiger partial charge < -0.3 is 4.74 Å². The number of nitrogens with zero attached hydrogens (tertiary/aromatic N) is 4. The maximum atomic E-state index is 14.5. The van der Waals surface area contributed by atoms with Crippen LogP contribution in [0.3, 0.4) is 0 Å². The van der Waals surface area contributed by atoms with Crippen LogP contribution in [0.5, 0.6) is 0 Å². The average molecular weight is 352 g/mol. The molecule has 6 heteroatoms. The molecule has 0 bridgehead atoms. The lowest BCUT2D eigenvalue weighted by molar-refractivity contribution is -0.0312. The molecule has 1 aliphatic rings. The van der Waals surface area contributed by atoms with E-state index in [1.54, 1.807) is 35.5 Å². The SMILES string of the molecule is CCCc1cc(-n2cc(-c3ncc(CC4COC4)cc3F)cn2)ccn1. The van der Waals surface area contributed by atoms with Gasteiger partial charge in [-0.1, -0.05) is 13.3 Å². The van der Waals surface area contributed by atoms with Crippen molar-refractivity contribution in [3.63, 3.8) is 0 Å². The van der Waals surface area contributed by atoms with Crippen LogP contribution in [-0.4, -0.2) is 33.0 Å². The largest absolute Gasteiger partial charge is 0.381 e. The first-order chi connectivity index (χ1) is 12.7. The predicted molar refractivity (Wildman–Crippen MR) is 96.6 cm³/mol. The number of ether oxygens (including phenoxy) is 1. The van der Waals surface area contributed by atoms with E-state index in [2.05, 4.69) is 22.0 Å². The molecule has 0 aromatic carbocycles. The van der Waals surface area contributed by atoms with Gasteiger partial charge in [0, 0.05) is 35.8 Å². The number of rotatable bonds is 6. The van der Waals surface area contributed by atoms with Crippen LogP contribution in [0.25, 0.3) is 16.9 Å². The Balaban J connectivity index is 1.56. The molecule has 0 spiro atoms.